The number of para-hydroxylation sites is 3. The standard InChI is InChI=1S/C24H20N4O3/c1-14-13-15(31-20-10-6-5-9-19(20)30-2)11-12-18(14)28-23(25)21-22(27-28)16-7-3-4-8-17(16)26-24(21)29/h3-13H,25H2,1-2H3,(H,26,29). The fourth-order valence-corrected chi connectivity index (χ4v) is 3.77. The number of nitrogens with two attached hydrogens (primary N) is 1. The van der Waals surface area contributed by atoms with Gasteiger partial charge in [0.05, 0.1) is 18.3 Å². The summed E-state index contributed by atoms with van der Waals surface area (Å²) in [6, 6.07) is 20.6. The monoisotopic (exact) mass is 412 g/mol. The van der Waals surface area contributed by atoms with E-state index in [1.807, 2.05) is 73.7 Å². The summed E-state index contributed by atoms with van der Waals surface area (Å²) in [5, 5.41) is 5.91. The number of nitrogens with zero attached hydrogens (tertiary/aromatic N) is 2. The molecule has 31 heavy (non-hydrogen) atoms. The van der Waals surface area contributed by atoms with Crippen molar-refractivity contribution in [2.45, 2.75) is 6.92 Å². The van der Waals surface area contributed by atoms with Gasteiger partial charge in [-0.2, -0.15) is 5.10 Å². The Hall–Kier alpha value is -4.26. The highest BCUT2D eigenvalue weighted by molar-refractivity contribution is 6.06. The zero-order valence-electron chi connectivity index (χ0n) is 17.0. The van der Waals surface area contributed by atoms with Crippen molar-refractivity contribution >= 4 is 27.6 Å². The van der Waals surface area contributed by atoms with E-state index in [1.165, 1.54) is 0 Å². The third-order valence-electron chi connectivity index (χ3n) is 5.27. The van der Waals surface area contributed by atoms with E-state index >= 15 is 0 Å². The Morgan fingerprint density at radius 2 is 1.74 bits per heavy atom. The molecule has 5 aromatic rings. The van der Waals surface area contributed by atoms with Gasteiger partial charge < -0.3 is 20.2 Å². The molecule has 0 aliphatic rings. The van der Waals surface area contributed by atoms with Crippen molar-refractivity contribution in [1.82, 2.24) is 14.8 Å². The van der Waals surface area contributed by atoms with Crippen LogP contribution < -0.4 is 20.8 Å². The summed E-state index contributed by atoms with van der Waals surface area (Å²) in [5.41, 5.74) is 9.07. The minimum atomic E-state index is -0.258. The van der Waals surface area contributed by atoms with Crippen LogP contribution in [0.1, 0.15) is 5.56 Å². The molecule has 0 atom stereocenters. The number of hydrogen-bond acceptors (Lipinski definition) is 5. The lowest BCUT2D eigenvalue weighted by molar-refractivity contribution is 0.379. The van der Waals surface area contributed by atoms with Crippen LogP contribution in [0.5, 0.6) is 17.2 Å². The number of hydrogen-bond donors (Lipinski definition) is 2. The molecule has 0 spiro atoms. The van der Waals surface area contributed by atoms with Crippen LogP contribution in [0, 0.1) is 6.92 Å². The smallest absolute Gasteiger partial charge is 0.261 e. The van der Waals surface area contributed by atoms with Gasteiger partial charge in [0.2, 0.25) is 0 Å². The molecule has 0 saturated carbocycles. The van der Waals surface area contributed by atoms with Gasteiger partial charge in [-0.25, -0.2) is 4.68 Å². The highest BCUT2D eigenvalue weighted by Crippen LogP contribution is 2.33. The number of aromatic nitrogens is 3. The predicted molar refractivity (Wildman–Crippen MR) is 121 cm³/mol. The maximum Gasteiger partial charge on any atom is 0.261 e. The first-order chi connectivity index (χ1) is 15.1. The van der Waals surface area contributed by atoms with Gasteiger partial charge in [0.15, 0.2) is 11.5 Å². The number of pyridine rings is 1. The van der Waals surface area contributed by atoms with Gasteiger partial charge in [0.1, 0.15) is 22.5 Å². The van der Waals surface area contributed by atoms with E-state index < -0.39 is 0 Å². The van der Waals surface area contributed by atoms with Gasteiger partial charge in [-0.15, -0.1) is 0 Å². The molecule has 0 amide bonds. The van der Waals surface area contributed by atoms with Crippen LogP contribution in [0.2, 0.25) is 0 Å². The molecular weight excluding hydrogens is 392 g/mol. The number of anilines is 1. The molecule has 3 N–H and O–H groups in total. The summed E-state index contributed by atoms with van der Waals surface area (Å²) in [6.07, 6.45) is 0. The van der Waals surface area contributed by atoms with E-state index in [9.17, 15) is 4.79 Å². The second kappa shape index (κ2) is 7.21. The normalized spacial score (nSPS) is 11.2. The Morgan fingerprint density at radius 1 is 1.00 bits per heavy atom. The van der Waals surface area contributed by atoms with Crippen LogP contribution in [-0.4, -0.2) is 21.9 Å². The fourth-order valence-electron chi connectivity index (χ4n) is 3.77. The number of nitrogens with one attached hydrogen (secondary N) is 1. The van der Waals surface area contributed by atoms with Crippen molar-refractivity contribution in [1.29, 1.82) is 0 Å². The largest absolute Gasteiger partial charge is 0.493 e. The van der Waals surface area contributed by atoms with E-state index in [-0.39, 0.29) is 5.56 Å². The molecule has 2 heterocycles. The minimum Gasteiger partial charge on any atom is -0.493 e. The molecule has 0 unspecified atom stereocenters. The molecule has 0 saturated heterocycles. The first-order valence-electron chi connectivity index (χ1n) is 9.78. The summed E-state index contributed by atoms with van der Waals surface area (Å²) in [4.78, 5) is 15.5. The summed E-state index contributed by atoms with van der Waals surface area (Å²) < 4.78 is 13.0. The van der Waals surface area contributed by atoms with Crippen molar-refractivity contribution in [2.75, 3.05) is 12.8 Å². The Kier molecular flexibility index (Phi) is 4.36. The molecule has 0 radical (unpaired) electrons. The van der Waals surface area contributed by atoms with Crippen molar-refractivity contribution in [3.05, 3.63) is 82.6 Å². The first-order valence-corrected chi connectivity index (χ1v) is 9.78. The number of aryl methyl sites for hydroxylation is 1. The molecule has 5 rings (SSSR count). The minimum absolute atomic E-state index is 0.258. The molecule has 3 aromatic carbocycles. The SMILES string of the molecule is COc1ccccc1Oc1ccc(-n2nc3c(c2N)c(=O)[nH]c2ccccc23)c(C)c1. The van der Waals surface area contributed by atoms with E-state index in [0.717, 1.165) is 22.2 Å². The molecule has 0 aliphatic carbocycles. The fraction of sp³-hybridized carbons (Fsp3) is 0.0833. The average molecular weight is 412 g/mol. The average Bonchev–Trinajstić information content (AvgIpc) is 3.12. The number of nitrogen functional groups attached to an aromatic ring is 1. The molecule has 0 aliphatic heterocycles. The van der Waals surface area contributed by atoms with Crippen molar-refractivity contribution in [2.24, 2.45) is 0 Å². The quantitative estimate of drug-likeness (QED) is 0.451. The summed E-state index contributed by atoms with van der Waals surface area (Å²) >= 11 is 0. The lowest BCUT2D eigenvalue weighted by Crippen LogP contribution is -2.08. The first kappa shape index (κ1) is 18.7. The lowest BCUT2D eigenvalue weighted by atomic mass is 10.1. The third-order valence-corrected chi connectivity index (χ3v) is 5.27. The second-order valence-corrected chi connectivity index (χ2v) is 7.22. The topological polar surface area (TPSA) is 95.2 Å². The molecule has 0 fully saturated rings. The van der Waals surface area contributed by atoms with Crippen LogP contribution in [0.3, 0.4) is 0 Å². The van der Waals surface area contributed by atoms with E-state index in [1.54, 1.807) is 11.8 Å². The van der Waals surface area contributed by atoms with E-state index in [2.05, 4.69) is 10.1 Å². The molecule has 154 valence electrons. The van der Waals surface area contributed by atoms with Crippen molar-refractivity contribution in [3.8, 4) is 22.9 Å². The number of ether oxygens (including phenoxy) is 2. The molecule has 7 heteroatoms. The summed E-state index contributed by atoms with van der Waals surface area (Å²) in [7, 11) is 1.60. The van der Waals surface area contributed by atoms with Gasteiger partial charge >= 0.3 is 0 Å². The Balaban J connectivity index is 1.61. The summed E-state index contributed by atoms with van der Waals surface area (Å²) in [5.74, 6) is 2.23. The van der Waals surface area contributed by atoms with Crippen molar-refractivity contribution in [3.63, 3.8) is 0 Å². The Morgan fingerprint density at radius 3 is 2.52 bits per heavy atom. The van der Waals surface area contributed by atoms with Crippen LogP contribution in [0.4, 0.5) is 5.82 Å². The maximum absolute atomic E-state index is 12.6. The number of methoxy groups -OCH3 is 1. The van der Waals surface area contributed by atoms with Crippen LogP contribution >= 0.6 is 0 Å². The molecule has 0 bridgehead atoms. The molecule has 7 nitrogen and oxygen atoms in total. The van der Waals surface area contributed by atoms with Gasteiger partial charge in [0, 0.05) is 5.39 Å². The maximum atomic E-state index is 12.6. The van der Waals surface area contributed by atoms with Gasteiger partial charge in [-0.1, -0.05) is 30.3 Å². The molecule has 2 aromatic heterocycles. The van der Waals surface area contributed by atoms with E-state index in [4.69, 9.17) is 15.2 Å². The number of benzene rings is 3. The zero-order valence-corrected chi connectivity index (χ0v) is 17.0. The lowest BCUT2D eigenvalue weighted by Gasteiger charge is -2.13. The number of rotatable bonds is 4. The highest BCUT2D eigenvalue weighted by atomic mass is 16.5. The molecular formula is C24H20N4O3. The highest BCUT2D eigenvalue weighted by Gasteiger charge is 2.17. The van der Waals surface area contributed by atoms with Crippen LogP contribution in [0.25, 0.3) is 27.5 Å². The predicted octanol–water partition coefficient (Wildman–Crippen LogP) is 4.56. The zero-order chi connectivity index (χ0) is 21.5. The second-order valence-electron chi connectivity index (χ2n) is 7.22. The van der Waals surface area contributed by atoms with Crippen LogP contribution in [0.15, 0.2) is 71.5 Å². The Labute approximate surface area is 177 Å². The summed E-state index contributed by atoms with van der Waals surface area (Å²) in [6.45, 7) is 1.94. The third kappa shape index (κ3) is 3.07. The van der Waals surface area contributed by atoms with Gasteiger partial charge in [0.25, 0.3) is 5.56 Å². The number of aromatic amines is 1. The van der Waals surface area contributed by atoms with Gasteiger partial charge in [-0.05, 0) is 48.9 Å². The Bertz CT molecular complexity index is 1500. The number of fused-ring (bicyclic) bond motifs is 3. The van der Waals surface area contributed by atoms with Crippen molar-refractivity contribution < 1.29 is 9.47 Å². The number of H-pyrrole nitrogens is 1. The van der Waals surface area contributed by atoms with Crippen LogP contribution in [-0.2, 0) is 0 Å². The van der Waals surface area contributed by atoms with E-state index in [0.29, 0.717) is 34.0 Å². The van der Waals surface area contributed by atoms with Gasteiger partial charge in [-0.3, -0.25) is 4.79 Å².